The summed E-state index contributed by atoms with van der Waals surface area (Å²) in [5, 5.41) is 8.30. The van der Waals surface area contributed by atoms with Gasteiger partial charge in [-0.05, 0) is 6.42 Å². The average molecular weight is 277 g/mol. The number of hydrogen-bond donors (Lipinski definition) is 1. The first-order valence-corrected chi connectivity index (χ1v) is 6.38. The van der Waals surface area contributed by atoms with Gasteiger partial charge >= 0.3 is 12.1 Å². The van der Waals surface area contributed by atoms with Gasteiger partial charge < -0.3 is 5.11 Å². The molecule has 102 valence electrons. The van der Waals surface area contributed by atoms with Crippen LogP contribution in [0, 0.1) is 0 Å². The van der Waals surface area contributed by atoms with E-state index in [4.69, 9.17) is 5.11 Å². The lowest BCUT2D eigenvalue weighted by atomic mass is 10.3. The first-order valence-electron chi connectivity index (χ1n) is 4.77. The summed E-state index contributed by atoms with van der Waals surface area (Å²) in [5.41, 5.74) is 0. The molecular formula is C8H14F3NO4S. The van der Waals surface area contributed by atoms with Gasteiger partial charge in [-0.2, -0.15) is 13.2 Å². The third-order valence-electron chi connectivity index (χ3n) is 1.98. The van der Waals surface area contributed by atoms with Crippen molar-refractivity contribution in [3.63, 3.8) is 0 Å². The molecule has 0 aliphatic heterocycles. The third-order valence-corrected chi connectivity index (χ3v) is 3.91. The zero-order valence-electron chi connectivity index (χ0n) is 9.20. The molecule has 17 heavy (non-hydrogen) atoms. The van der Waals surface area contributed by atoms with Crippen LogP contribution in [0.2, 0.25) is 0 Å². The maximum atomic E-state index is 11.9. The lowest BCUT2D eigenvalue weighted by Crippen LogP contribution is -2.32. The third kappa shape index (κ3) is 7.97. The van der Waals surface area contributed by atoms with Crippen LogP contribution in [-0.2, 0) is 14.8 Å². The summed E-state index contributed by atoms with van der Waals surface area (Å²) in [4.78, 5) is 10.2. The van der Waals surface area contributed by atoms with Gasteiger partial charge in [-0.1, -0.05) is 0 Å². The van der Waals surface area contributed by atoms with Gasteiger partial charge in [-0.25, -0.2) is 12.7 Å². The Balaban J connectivity index is 4.17. The molecule has 9 heteroatoms. The van der Waals surface area contributed by atoms with Crippen molar-refractivity contribution in [2.75, 3.05) is 19.3 Å². The highest BCUT2D eigenvalue weighted by molar-refractivity contribution is 7.89. The maximum Gasteiger partial charge on any atom is 0.390 e. The summed E-state index contributed by atoms with van der Waals surface area (Å²) in [6, 6.07) is 0. The van der Waals surface area contributed by atoms with E-state index in [1.54, 1.807) is 0 Å². The number of carbonyl (C=O) groups is 1. The topological polar surface area (TPSA) is 74.7 Å². The fourth-order valence-corrected chi connectivity index (χ4v) is 2.18. The predicted octanol–water partition coefficient (Wildman–Crippen LogP) is 1.07. The van der Waals surface area contributed by atoms with Crippen molar-refractivity contribution in [1.29, 1.82) is 0 Å². The number of rotatable bonds is 7. The molecule has 5 nitrogen and oxygen atoms in total. The quantitative estimate of drug-likeness (QED) is 0.755. The van der Waals surface area contributed by atoms with Crippen LogP contribution < -0.4 is 0 Å². The molecule has 0 aromatic carbocycles. The highest BCUT2D eigenvalue weighted by Crippen LogP contribution is 2.20. The zero-order chi connectivity index (χ0) is 13.7. The minimum Gasteiger partial charge on any atom is -0.481 e. The van der Waals surface area contributed by atoms with Gasteiger partial charge in [0.1, 0.15) is 0 Å². The first-order chi connectivity index (χ1) is 7.54. The Morgan fingerprint density at radius 2 is 1.88 bits per heavy atom. The summed E-state index contributed by atoms with van der Waals surface area (Å²) in [5.74, 6) is -1.61. The second kappa shape index (κ2) is 6.20. The normalized spacial score (nSPS) is 13.0. The molecule has 0 radical (unpaired) electrons. The van der Waals surface area contributed by atoms with Gasteiger partial charge in [0.25, 0.3) is 0 Å². The molecule has 0 unspecified atom stereocenters. The number of nitrogens with zero attached hydrogens (tertiary/aromatic N) is 1. The molecule has 0 heterocycles. The summed E-state index contributed by atoms with van der Waals surface area (Å²) < 4.78 is 59.0. The van der Waals surface area contributed by atoms with Crippen LogP contribution in [-0.4, -0.2) is 49.3 Å². The molecular weight excluding hydrogens is 263 g/mol. The van der Waals surface area contributed by atoms with E-state index >= 15 is 0 Å². The Morgan fingerprint density at radius 3 is 2.29 bits per heavy atom. The molecule has 0 saturated carbocycles. The molecule has 0 aromatic heterocycles. The van der Waals surface area contributed by atoms with E-state index in [0.29, 0.717) is 4.31 Å². The van der Waals surface area contributed by atoms with Crippen LogP contribution >= 0.6 is 0 Å². The summed E-state index contributed by atoms with van der Waals surface area (Å²) >= 11 is 0. The standard InChI is InChI=1S/C8H14F3NO4S/c1-12(5-4-8(9,10)11)17(15,16)6-2-3-7(13)14/h2-6H2,1H3,(H,13,14). The lowest BCUT2D eigenvalue weighted by Gasteiger charge is -2.17. The van der Waals surface area contributed by atoms with Gasteiger partial charge in [0.15, 0.2) is 0 Å². The summed E-state index contributed by atoms with van der Waals surface area (Å²) in [7, 11) is -2.76. The first kappa shape index (κ1) is 16.2. The van der Waals surface area contributed by atoms with Crippen LogP contribution in [0.25, 0.3) is 0 Å². The zero-order valence-corrected chi connectivity index (χ0v) is 10.0. The number of aliphatic carboxylic acids is 1. The van der Waals surface area contributed by atoms with Crippen molar-refractivity contribution in [2.45, 2.75) is 25.4 Å². The summed E-state index contributed by atoms with van der Waals surface area (Å²) in [6.45, 7) is -0.654. The highest BCUT2D eigenvalue weighted by Gasteiger charge is 2.29. The van der Waals surface area contributed by atoms with Gasteiger partial charge in [0.2, 0.25) is 10.0 Å². The van der Waals surface area contributed by atoms with Crippen molar-refractivity contribution < 1.29 is 31.5 Å². The largest absolute Gasteiger partial charge is 0.481 e. The number of hydrogen-bond acceptors (Lipinski definition) is 3. The fourth-order valence-electron chi connectivity index (χ4n) is 0.985. The minimum absolute atomic E-state index is 0.117. The van der Waals surface area contributed by atoms with Gasteiger partial charge in [-0.3, -0.25) is 4.79 Å². The average Bonchev–Trinajstić information content (AvgIpc) is 2.11. The lowest BCUT2D eigenvalue weighted by molar-refractivity contribution is -0.137. The van der Waals surface area contributed by atoms with Crippen LogP contribution in [0.3, 0.4) is 0 Å². The fraction of sp³-hybridized carbons (Fsp3) is 0.875. The van der Waals surface area contributed by atoms with Gasteiger partial charge in [0, 0.05) is 20.0 Å². The Bertz CT molecular complexity index is 352. The van der Waals surface area contributed by atoms with Crippen LogP contribution in [0.1, 0.15) is 19.3 Å². The van der Waals surface area contributed by atoms with E-state index in [0.717, 1.165) is 7.05 Å². The van der Waals surface area contributed by atoms with E-state index in [2.05, 4.69) is 0 Å². The Morgan fingerprint density at radius 1 is 1.35 bits per heavy atom. The van der Waals surface area contributed by atoms with E-state index in [1.807, 2.05) is 0 Å². The maximum absolute atomic E-state index is 11.9. The molecule has 0 aromatic rings. The Kier molecular flexibility index (Phi) is 5.89. The molecule has 0 aliphatic carbocycles. The number of sulfonamides is 1. The smallest absolute Gasteiger partial charge is 0.390 e. The van der Waals surface area contributed by atoms with Crippen molar-refractivity contribution in [2.24, 2.45) is 0 Å². The van der Waals surface area contributed by atoms with Crippen LogP contribution in [0.4, 0.5) is 13.2 Å². The second-order valence-corrected chi connectivity index (χ2v) is 5.70. The SMILES string of the molecule is CN(CCC(F)(F)F)S(=O)(=O)CCCC(=O)O. The van der Waals surface area contributed by atoms with Crippen molar-refractivity contribution in [3.8, 4) is 0 Å². The molecule has 0 saturated heterocycles. The molecule has 0 atom stereocenters. The van der Waals surface area contributed by atoms with E-state index in [9.17, 15) is 26.4 Å². The van der Waals surface area contributed by atoms with Crippen molar-refractivity contribution >= 4 is 16.0 Å². The van der Waals surface area contributed by atoms with Crippen molar-refractivity contribution in [1.82, 2.24) is 4.31 Å². The molecule has 0 rings (SSSR count). The van der Waals surface area contributed by atoms with Gasteiger partial charge in [0.05, 0.1) is 12.2 Å². The number of alkyl halides is 3. The van der Waals surface area contributed by atoms with Crippen LogP contribution in [0.15, 0.2) is 0 Å². The monoisotopic (exact) mass is 277 g/mol. The highest BCUT2D eigenvalue weighted by atomic mass is 32.2. The second-order valence-electron chi connectivity index (χ2n) is 3.50. The molecule has 0 amide bonds. The Hall–Kier alpha value is -0.830. The minimum atomic E-state index is -4.41. The van der Waals surface area contributed by atoms with Crippen LogP contribution in [0.5, 0.6) is 0 Å². The Labute approximate surface area is 97.3 Å². The molecule has 0 fully saturated rings. The molecule has 0 bridgehead atoms. The van der Waals surface area contributed by atoms with E-state index in [-0.39, 0.29) is 12.8 Å². The number of halogens is 3. The molecule has 0 spiro atoms. The molecule has 0 aliphatic rings. The number of carboxylic acid groups (broad SMARTS) is 1. The number of carboxylic acids is 1. The molecule has 1 N–H and O–H groups in total. The van der Waals surface area contributed by atoms with Gasteiger partial charge in [-0.15, -0.1) is 0 Å². The summed E-state index contributed by atoms with van der Waals surface area (Å²) in [6.07, 6.45) is -6.08. The van der Waals surface area contributed by atoms with E-state index in [1.165, 1.54) is 0 Å². The van der Waals surface area contributed by atoms with E-state index < -0.39 is 40.9 Å². The van der Waals surface area contributed by atoms with Crippen molar-refractivity contribution in [3.05, 3.63) is 0 Å². The predicted molar refractivity (Wildman–Crippen MR) is 54.0 cm³/mol.